The van der Waals surface area contributed by atoms with Gasteiger partial charge in [-0.3, -0.25) is 4.79 Å². The lowest BCUT2D eigenvalue weighted by molar-refractivity contribution is 0.0266. The summed E-state index contributed by atoms with van der Waals surface area (Å²) in [5.41, 5.74) is -0.140. The number of aliphatic hydroxyl groups excluding tert-OH is 1. The monoisotopic (exact) mass is 372 g/mol. The first-order valence-electron chi connectivity index (χ1n) is 8.93. The molecule has 0 atom stereocenters. The van der Waals surface area contributed by atoms with Crippen LogP contribution in [0.15, 0.2) is 42.6 Å². The molecule has 1 aromatic heterocycles. The summed E-state index contributed by atoms with van der Waals surface area (Å²) < 4.78 is 16.3. The number of hydrogen-bond acceptors (Lipinski definition) is 6. The predicted molar refractivity (Wildman–Crippen MR) is 99.3 cm³/mol. The van der Waals surface area contributed by atoms with Crippen molar-refractivity contribution in [2.24, 2.45) is 0 Å². The van der Waals surface area contributed by atoms with Gasteiger partial charge in [0.05, 0.1) is 13.3 Å². The Morgan fingerprint density at radius 3 is 2.67 bits per heavy atom. The fraction of sp³-hybridized carbons (Fsp3) is 0.400. The van der Waals surface area contributed by atoms with E-state index in [0.29, 0.717) is 55.4 Å². The molecule has 2 heterocycles. The van der Waals surface area contributed by atoms with Crippen LogP contribution >= 0.6 is 0 Å². The van der Waals surface area contributed by atoms with Crippen molar-refractivity contribution in [1.29, 1.82) is 0 Å². The Morgan fingerprint density at radius 2 is 2.00 bits per heavy atom. The molecule has 0 spiro atoms. The van der Waals surface area contributed by atoms with E-state index in [0.717, 1.165) is 0 Å². The van der Waals surface area contributed by atoms with Crippen molar-refractivity contribution in [2.75, 3.05) is 26.9 Å². The third-order valence-electron chi connectivity index (χ3n) is 4.66. The van der Waals surface area contributed by atoms with Crippen LogP contribution in [0.5, 0.6) is 17.2 Å². The van der Waals surface area contributed by atoms with Crippen LogP contribution in [-0.2, 0) is 4.74 Å². The van der Waals surface area contributed by atoms with E-state index in [1.165, 1.54) is 6.20 Å². The molecule has 1 aliphatic rings. The summed E-state index contributed by atoms with van der Waals surface area (Å²) in [6, 6.07) is 10.6. The molecule has 3 rings (SSSR count). The second kappa shape index (κ2) is 8.83. The molecule has 144 valence electrons. The van der Waals surface area contributed by atoms with Crippen LogP contribution in [0.25, 0.3) is 0 Å². The molecule has 1 aliphatic heterocycles. The topological polar surface area (TPSA) is 89.9 Å². The quantitative estimate of drug-likeness (QED) is 0.776. The fourth-order valence-electron chi connectivity index (χ4n) is 3.09. The lowest BCUT2D eigenvalue weighted by Gasteiger charge is -2.37. The molecule has 0 radical (unpaired) electrons. The molecule has 0 aliphatic carbocycles. The number of carbonyl (C=O) groups excluding carboxylic acids is 1. The molecular formula is C20H24N2O5. The maximum Gasteiger partial charge on any atom is 0.270 e. The molecule has 1 saturated heterocycles. The number of rotatable bonds is 7. The van der Waals surface area contributed by atoms with Crippen molar-refractivity contribution in [3.8, 4) is 17.2 Å². The highest BCUT2D eigenvalue weighted by Gasteiger charge is 2.34. The minimum atomic E-state index is -0.443. The van der Waals surface area contributed by atoms with Crippen LogP contribution in [0, 0.1) is 0 Å². The van der Waals surface area contributed by atoms with Crippen LogP contribution in [-0.4, -0.2) is 48.5 Å². The number of amides is 1. The van der Waals surface area contributed by atoms with Gasteiger partial charge in [-0.2, -0.15) is 0 Å². The van der Waals surface area contributed by atoms with Crippen molar-refractivity contribution >= 4 is 5.91 Å². The Morgan fingerprint density at radius 1 is 1.22 bits per heavy atom. The van der Waals surface area contributed by atoms with Gasteiger partial charge in [-0.05, 0) is 43.5 Å². The Bertz CT molecular complexity index is 752. The fourth-order valence-corrected chi connectivity index (χ4v) is 3.09. The average molecular weight is 372 g/mol. The highest BCUT2D eigenvalue weighted by atomic mass is 16.5. The van der Waals surface area contributed by atoms with E-state index in [9.17, 15) is 9.90 Å². The van der Waals surface area contributed by atoms with Crippen LogP contribution < -0.4 is 14.8 Å². The van der Waals surface area contributed by atoms with Gasteiger partial charge in [0, 0.05) is 31.4 Å². The molecule has 7 heteroatoms. The second-order valence-corrected chi connectivity index (χ2v) is 6.48. The normalized spacial score (nSPS) is 15.8. The van der Waals surface area contributed by atoms with Gasteiger partial charge in [0.15, 0.2) is 0 Å². The lowest BCUT2D eigenvalue weighted by Crippen LogP contribution is -2.52. The summed E-state index contributed by atoms with van der Waals surface area (Å²) in [5.74, 6) is 1.58. The molecule has 2 aromatic rings. The number of methoxy groups -OCH3 is 1. The van der Waals surface area contributed by atoms with Crippen LogP contribution in [0.3, 0.4) is 0 Å². The average Bonchev–Trinajstić information content (AvgIpc) is 2.69. The molecule has 1 amide bonds. The molecular weight excluding hydrogens is 348 g/mol. The smallest absolute Gasteiger partial charge is 0.270 e. The molecule has 2 N–H and O–H groups in total. The second-order valence-electron chi connectivity index (χ2n) is 6.48. The highest BCUT2D eigenvalue weighted by molar-refractivity contribution is 5.92. The summed E-state index contributed by atoms with van der Waals surface area (Å²) in [6.45, 7) is 1.16. The first-order valence-corrected chi connectivity index (χ1v) is 8.93. The van der Waals surface area contributed by atoms with Gasteiger partial charge in [0.1, 0.15) is 22.9 Å². The van der Waals surface area contributed by atoms with E-state index >= 15 is 0 Å². The van der Waals surface area contributed by atoms with E-state index in [2.05, 4.69) is 10.3 Å². The van der Waals surface area contributed by atoms with Gasteiger partial charge >= 0.3 is 0 Å². The van der Waals surface area contributed by atoms with E-state index in [-0.39, 0.29) is 12.5 Å². The Balaban J connectivity index is 1.66. The number of nitrogens with one attached hydrogen (secondary N) is 1. The zero-order valence-electron chi connectivity index (χ0n) is 15.3. The molecule has 0 bridgehead atoms. The third-order valence-corrected chi connectivity index (χ3v) is 4.66. The zero-order valence-corrected chi connectivity index (χ0v) is 15.3. The van der Waals surface area contributed by atoms with Crippen molar-refractivity contribution in [1.82, 2.24) is 10.3 Å². The molecule has 1 fully saturated rings. The number of aromatic nitrogens is 1. The van der Waals surface area contributed by atoms with Crippen molar-refractivity contribution in [3.63, 3.8) is 0 Å². The molecule has 7 nitrogen and oxygen atoms in total. The molecule has 1 aromatic carbocycles. The largest absolute Gasteiger partial charge is 0.497 e. The first-order chi connectivity index (χ1) is 13.1. The van der Waals surface area contributed by atoms with E-state index in [1.54, 1.807) is 25.3 Å². The number of nitrogens with zero attached hydrogens (tertiary/aromatic N) is 1. The Labute approximate surface area is 158 Å². The van der Waals surface area contributed by atoms with Gasteiger partial charge in [0.2, 0.25) is 0 Å². The summed E-state index contributed by atoms with van der Waals surface area (Å²) >= 11 is 0. The first kappa shape index (κ1) is 19.1. The van der Waals surface area contributed by atoms with E-state index < -0.39 is 5.54 Å². The highest BCUT2D eigenvalue weighted by Crippen LogP contribution is 2.26. The standard InChI is InChI=1S/C20H24N2O5/c1-25-15-3-2-4-16(13-15)27-17-5-6-18(21-14-17)19(24)22-20(7-10-23)8-11-26-12-9-20/h2-6,13-14,23H,7-12H2,1H3,(H,22,24). The maximum atomic E-state index is 12.6. The number of hydrogen-bond donors (Lipinski definition) is 2. The molecule has 0 saturated carbocycles. The molecule has 27 heavy (non-hydrogen) atoms. The summed E-state index contributed by atoms with van der Waals surface area (Å²) in [4.78, 5) is 16.8. The van der Waals surface area contributed by atoms with Gasteiger partial charge in [-0.25, -0.2) is 4.98 Å². The third kappa shape index (κ3) is 4.96. The minimum Gasteiger partial charge on any atom is -0.497 e. The van der Waals surface area contributed by atoms with Crippen molar-refractivity contribution < 1.29 is 24.1 Å². The van der Waals surface area contributed by atoms with Gasteiger partial charge < -0.3 is 24.6 Å². The Kier molecular flexibility index (Phi) is 6.26. The number of aliphatic hydroxyl groups is 1. The zero-order chi connectivity index (χ0) is 19.1. The maximum absolute atomic E-state index is 12.6. The van der Waals surface area contributed by atoms with E-state index in [4.69, 9.17) is 14.2 Å². The minimum absolute atomic E-state index is 0.0149. The van der Waals surface area contributed by atoms with Crippen LogP contribution in [0.1, 0.15) is 29.8 Å². The summed E-state index contributed by atoms with van der Waals surface area (Å²) in [5, 5.41) is 12.4. The Hall–Kier alpha value is -2.64. The van der Waals surface area contributed by atoms with E-state index in [1.807, 2.05) is 18.2 Å². The molecule has 0 unspecified atom stereocenters. The van der Waals surface area contributed by atoms with Crippen LogP contribution in [0.2, 0.25) is 0 Å². The van der Waals surface area contributed by atoms with Crippen molar-refractivity contribution in [3.05, 3.63) is 48.3 Å². The lowest BCUT2D eigenvalue weighted by atomic mass is 9.86. The van der Waals surface area contributed by atoms with Gasteiger partial charge in [0.25, 0.3) is 5.91 Å². The number of pyridine rings is 1. The summed E-state index contributed by atoms with van der Waals surface area (Å²) in [6.07, 6.45) is 3.36. The summed E-state index contributed by atoms with van der Waals surface area (Å²) in [7, 11) is 1.59. The number of carbonyl (C=O) groups is 1. The van der Waals surface area contributed by atoms with Gasteiger partial charge in [-0.1, -0.05) is 6.07 Å². The number of benzene rings is 1. The number of ether oxygens (including phenoxy) is 3. The van der Waals surface area contributed by atoms with Gasteiger partial charge in [-0.15, -0.1) is 0 Å². The predicted octanol–water partition coefficient (Wildman–Crippen LogP) is 2.54. The SMILES string of the molecule is COc1cccc(Oc2ccc(C(=O)NC3(CCO)CCOCC3)nc2)c1. The van der Waals surface area contributed by atoms with Crippen LogP contribution in [0.4, 0.5) is 0 Å². The van der Waals surface area contributed by atoms with Crippen molar-refractivity contribution in [2.45, 2.75) is 24.8 Å².